The van der Waals surface area contributed by atoms with E-state index in [-0.39, 0.29) is 16.6 Å². The fourth-order valence-corrected chi connectivity index (χ4v) is 6.78. The summed E-state index contributed by atoms with van der Waals surface area (Å²) >= 11 is 1.50. The molecule has 9 nitrogen and oxygen atoms in total. The number of para-hydroxylation sites is 1. The molecule has 0 spiro atoms. The van der Waals surface area contributed by atoms with E-state index in [1.165, 1.54) is 33.8 Å². The van der Waals surface area contributed by atoms with Crippen LogP contribution in [0.15, 0.2) is 47.4 Å². The number of thiazole rings is 1. The summed E-state index contributed by atoms with van der Waals surface area (Å²) in [7, 11) is -3.58. The van der Waals surface area contributed by atoms with E-state index in [1.54, 1.807) is 18.2 Å². The van der Waals surface area contributed by atoms with Crippen LogP contribution in [-0.2, 0) is 14.8 Å². The molecule has 2 aliphatic heterocycles. The normalized spacial score (nSPS) is 18.0. The third-order valence-electron chi connectivity index (χ3n) is 6.44. The number of benzene rings is 2. The highest BCUT2D eigenvalue weighted by molar-refractivity contribution is 7.89. The average Bonchev–Trinajstić information content (AvgIpc) is 3.35. The van der Waals surface area contributed by atoms with Gasteiger partial charge < -0.3 is 15.0 Å². The SMILES string of the molecule is O=C(NCCN1CCN(c2nc3c(F)cccc3s2)CC1)c1ccc(S(=O)(=O)N2CCOCC2)cc1. The molecular formula is C24H28FN5O4S2. The van der Waals surface area contributed by atoms with Crippen molar-refractivity contribution in [3.63, 3.8) is 0 Å². The van der Waals surface area contributed by atoms with Crippen LogP contribution >= 0.6 is 11.3 Å². The molecule has 1 N–H and O–H groups in total. The number of carbonyl (C=O) groups is 1. The highest BCUT2D eigenvalue weighted by Gasteiger charge is 2.26. The van der Waals surface area contributed by atoms with Gasteiger partial charge in [0.25, 0.3) is 5.91 Å². The molecule has 36 heavy (non-hydrogen) atoms. The van der Waals surface area contributed by atoms with Crippen LogP contribution in [0.1, 0.15) is 10.4 Å². The number of hydrogen-bond donors (Lipinski definition) is 1. The molecule has 3 heterocycles. The first kappa shape index (κ1) is 25.0. The molecule has 12 heteroatoms. The molecule has 0 bridgehead atoms. The predicted octanol–water partition coefficient (Wildman–Crippen LogP) is 2.01. The van der Waals surface area contributed by atoms with Crippen molar-refractivity contribution in [1.29, 1.82) is 0 Å². The Labute approximate surface area is 213 Å². The Hall–Kier alpha value is -2.64. The van der Waals surface area contributed by atoms with Gasteiger partial charge in [-0.1, -0.05) is 17.4 Å². The van der Waals surface area contributed by atoms with Crippen molar-refractivity contribution in [3.8, 4) is 0 Å². The summed E-state index contributed by atoms with van der Waals surface area (Å²) in [4.78, 5) is 21.6. The maximum atomic E-state index is 14.0. The monoisotopic (exact) mass is 533 g/mol. The maximum Gasteiger partial charge on any atom is 0.251 e. The van der Waals surface area contributed by atoms with Crippen molar-refractivity contribution in [2.75, 3.05) is 70.5 Å². The number of nitrogens with zero attached hydrogens (tertiary/aromatic N) is 4. The van der Waals surface area contributed by atoms with E-state index in [9.17, 15) is 17.6 Å². The average molecular weight is 534 g/mol. The smallest absolute Gasteiger partial charge is 0.251 e. The number of rotatable bonds is 7. The number of morpholine rings is 1. The molecule has 0 aliphatic carbocycles. The summed E-state index contributed by atoms with van der Waals surface area (Å²) in [6.07, 6.45) is 0. The number of sulfonamides is 1. The van der Waals surface area contributed by atoms with Crippen LogP contribution < -0.4 is 10.2 Å². The van der Waals surface area contributed by atoms with E-state index in [0.717, 1.165) is 36.0 Å². The Morgan fingerprint density at radius 1 is 1.03 bits per heavy atom. The first-order valence-corrected chi connectivity index (χ1v) is 14.2. The van der Waals surface area contributed by atoms with Crippen molar-refractivity contribution in [3.05, 3.63) is 53.8 Å². The summed E-state index contributed by atoms with van der Waals surface area (Å²) in [6, 6.07) is 11.1. The Kier molecular flexibility index (Phi) is 7.49. The summed E-state index contributed by atoms with van der Waals surface area (Å²) in [6.45, 7) is 5.84. The quantitative estimate of drug-likeness (QED) is 0.497. The Bertz CT molecular complexity index is 1320. The molecule has 0 atom stereocenters. The molecule has 2 aliphatic rings. The van der Waals surface area contributed by atoms with Gasteiger partial charge in [-0.3, -0.25) is 9.69 Å². The maximum absolute atomic E-state index is 14.0. The first-order chi connectivity index (χ1) is 17.4. The molecule has 3 aromatic rings. The number of hydrogen-bond acceptors (Lipinski definition) is 8. The molecule has 0 unspecified atom stereocenters. The zero-order valence-electron chi connectivity index (χ0n) is 19.7. The van der Waals surface area contributed by atoms with Crippen molar-refractivity contribution in [2.24, 2.45) is 0 Å². The Morgan fingerprint density at radius 3 is 2.44 bits per heavy atom. The minimum absolute atomic E-state index is 0.176. The Balaban J connectivity index is 1.08. The van der Waals surface area contributed by atoms with Crippen LogP contribution in [0.5, 0.6) is 0 Å². The van der Waals surface area contributed by atoms with Gasteiger partial charge >= 0.3 is 0 Å². The zero-order valence-corrected chi connectivity index (χ0v) is 21.4. The third-order valence-corrected chi connectivity index (χ3v) is 9.43. The Morgan fingerprint density at radius 2 is 1.75 bits per heavy atom. The van der Waals surface area contributed by atoms with Gasteiger partial charge in [-0.25, -0.2) is 17.8 Å². The lowest BCUT2D eigenvalue weighted by Crippen LogP contribution is -2.48. The second-order valence-corrected chi connectivity index (χ2v) is 11.7. The van der Waals surface area contributed by atoms with Gasteiger partial charge in [-0.15, -0.1) is 0 Å². The molecule has 0 saturated carbocycles. The van der Waals surface area contributed by atoms with Crippen molar-refractivity contribution in [1.82, 2.24) is 19.5 Å². The fraction of sp³-hybridized carbons (Fsp3) is 0.417. The molecule has 192 valence electrons. The number of carbonyl (C=O) groups excluding carboxylic acids is 1. The minimum Gasteiger partial charge on any atom is -0.379 e. The molecule has 0 radical (unpaired) electrons. The topological polar surface area (TPSA) is 95.1 Å². The van der Waals surface area contributed by atoms with E-state index in [0.29, 0.717) is 50.5 Å². The second-order valence-electron chi connectivity index (χ2n) is 8.71. The van der Waals surface area contributed by atoms with Gasteiger partial charge in [0, 0.05) is 57.9 Å². The third kappa shape index (κ3) is 5.37. The van der Waals surface area contributed by atoms with Crippen LogP contribution in [0.2, 0.25) is 0 Å². The molecule has 1 amide bonds. The summed E-state index contributed by atoms with van der Waals surface area (Å²) in [5.74, 6) is -0.529. The van der Waals surface area contributed by atoms with Gasteiger partial charge in [0.05, 0.1) is 22.8 Å². The van der Waals surface area contributed by atoms with Gasteiger partial charge in [-0.2, -0.15) is 4.31 Å². The van der Waals surface area contributed by atoms with Gasteiger partial charge in [-0.05, 0) is 36.4 Å². The predicted molar refractivity (Wildman–Crippen MR) is 137 cm³/mol. The number of nitrogens with one attached hydrogen (secondary N) is 1. The van der Waals surface area contributed by atoms with Crippen molar-refractivity contribution < 1.29 is 22.3 Å². The molecule has 5 rings (SSSR count). The number of halogens is 1. The van der Waals surface area contributed by atoms with Crippen LogP contribution in [-0.4, -0.2) is 94.1 Å². The largest absolute Gasteiger partial charge is 0.379 e. The molecule has 2 aromatic carbocycles. The van der Waals surface area contributed by atoms with Gasteiger partial charge in [0.2, 0.25) is 10.0 Å². The van der Waals surface area contributed by atoms with Gasteiger partial charge in [0.15, 0.2) is 5.13 Å². The van der Waals surface area contributed by atoms with Gasteiger partial charge in [0.1, 0.15) is 11.3 Å². The zero-order chi connectivity index (χ0) is 25.1. The van der Waals surface area contributed by atoms with E-state index in [4.69, 9.17) is 4.74 Å². The number of ether oxygens (including phenoxy) is 1. The van der Waals surface area contributed by atoms with E-state index in [2.05, 4.69) is 20.1 Å². The number of piperazine rings is 1. The van der Waals surface area contributed by atoms with Crippen LogP contribution in [0.25, 0.3) is 10.2 Å². The van der Waals surface area contributed by atoms with Crippen LogP contribution in [0.4, 0.5) is 9.52 Å². The fourth-order valence-electron chi connectivity index (χ4n) is 4.35. The lowest BCUT2D eigenvalue weighted by molar-refractivity contribution is 0.0730. The van der Waals surface area contributed by atoms with Crippen molar-refractivity contribution in [2.45, 2.75) is 4.90 Å². The number of amides is 1. The first-order valence-electron chi connectivity index (χ1n) is 11.9. The highest BCUT2D eigenvalue weighted by Crippen LogP contribution is 2.30. The lowest BCUT2D eigenvalue weighted by Gasteiger charge is -2.34. The van der Waals surface area contributed by atoms with E-state index in [1.807, 2.05) is 6.07 Å². The molecule has 1 aromatic heterocycles. The molecule has 2 saturated heterocycles. The summed E-state index contributed by atoms with van der Waals surface area (Å²) in [5, 5.41) is 3.75. The van der Waals surface area contributed by atoms with Crippen LogP contribution in [0, 0.1) is 5.82 Å². The van der Waals surface area contributed by atoms with E-state index >= 15 is 0 Å². The summed E-state index contributed by atoms with van der Waals surface area (Å²) in [5.41, 5.74) is 0.846. The molecule has 2 fully saturated rings. The molecular weight excluding hydrogens is 505 g/mol. The number of fused-ring (bicyclic) bond motifs is 1. The van der Waals surface area contributed by atoms with Crippen LogP contribution in [0.3, 0.4) is 0 Å². The standard InChI is InChI=1S/C24H28FN5O4S2/c25-20-2-1-3-21-22(20)27-24(35-21)29-12-10-28(11-13-29)9-8-26-23(31)18-4-6-19(7-5-18)36(32,33)30-14-16-34-17-15-30/h1-7H,8-17H2,(H,26,31). The lowest BCUT2D eigenvalue weighted by atomic mass is 10.2. The number of anilines is 1. The summed E-state index contributed by atoms with van der Waals surface area (Å²) < 4.78 is 46.9. The number of aromatic nitrogens is 1. The second kappa shape index (κ2) is 10.8. The minimum atomic E-state index is -3.58. The van der Waals surface area contributed by atoms with E-state index < -0.39 is 10.0 Å². The highest BCUT2D eigenvalue weighted by atomic mass is 32.2. The van der Waals surface area contributed by atoms with Crippen molar-refractivity contribution >= 4 is 42.6 Å².